The monoisotopic (exact) mass is 232 g/mol. The van der Waals surface area contributed by atoms with Gasteiger partial charge in [0.25, 0.3) is 0 Å². The summed E-state index contributed by atoms with van der Waals surface area (Å²) in [5.74, 6) is 0.696. The maximum absolute atomic E-state index is 11.4. The third-order valence-corrected chi connectivity index (χ3v) is 3.99. The van der Waals surface area contributed by atoms with Gasteiger partial charge in [0.15, 0.2) is 9.84 Å². The van der Waals surface area contributed by atoms with Crippen LogP contribution >= 0.6 is 11.6 Å². The Hall–Kier alpha value is -0.540. The first-order valence-electron chi connectivity index (χ1n) is 4.48. The first-order valence-corrected chi connectivity index (χ1v) is 6.66. The Kier molecular flexibility index (Phi) is 3.96. The Morgan fingerprint density at radius 2 is 1.79 bits per heavy atom. The molecule has 0 aliphatic rings. The number of sulfone groups is 1. The highest BCUT2D eigenvalue weighted by Gasteiger charge is 2.10. The molecule has 1 aromatic carbocycles. The molecular formula is C10H13ClO2S. The number of alkyl halides is 1. The molecule has 1 aromatic rings. The van der Waals surface area contributed by atoms with Crippen LogP contribution in [0.3, 0.4) is 0 Å². The Bertz CT molecular complexity index is 381. The van der Waals surface area contributed by atoms with Crippen molar-refractivity contribution in [2.75, 3.05) is 11.6 Å². The zero-order chi connectivity index (χ0) is 10.6. The van der Waals surface area contributed by atoms with Crippen molar-refractivity contribution in [3.8, 4) is 0 Å². The van der Waals surface area contributed by atoms with Gasteiger partial charge in [0.1, 0.15) is 0 Å². The number of halogens is 1. The molecule has 0 heterocycles. The zero-order valence-corrected chi connectivity index (χ0v) is 9.61. The second-order valence-corrected chi connectivity index (χ2v) is 5.64. The van der Waals surface area contributed by atoms with Crippen LogP contribution in [0, 0.1) is 0 Å². The smallest absolute Gasteiger partial charge is 0.178 e. The fraction of sp³-hybridized carbons (Fsp3) is 0.400. The van der Waals surface area contributed by atoms with Crippen LogP contribution in [-0.4, -0.2) is 20.1 Å². The van der Waals surface area contributed by atoms with Crippen molar-refractivity contribution < 1.29 is 8.42 Å². The molecule has 1 rings (SSSR count). The molecule has 0 spiro atoms. The summed E-state index contributed by atoms with van der Waals surface area (Å²) in [5.41, 5.74) is 1.06. The van der Waals surface area contributed by atoms with Gasteiger partial charge in [0.05, 0.1) is 10.6 Å². The van der Waals surface area contributed by atoms with Gasteiger partial charge < -0.3 is 0 Å². The minimum atomic E-state index is -3.06. The molecule has 2 nitrogen and oxygen atoms in total. The Balaban J connectivity index is 2.94. The Labute approximate surface area is 89.8 Å². The lowest BCUT2D eigenvalue weighted by atomic mass is 10.2. The summed E-state index contributed by atoms with van der Waals surface area (Å²) in [7, 11) is -3.06. The highest BCUT2D eigenvalue weighted by molar-refractivity contribution is 7.91. The predicted molar refractivity (Wildman–Crippen MR) is 58.6 cm³/mol. The van der Waals surface area contributed by atoms with E-state index in [-0.39, 0.29) is 5.75 Å². The largest absolute Gasteiger partial charge is 0.224 e. The molecule has 0 aliphatic heterocycles. The minimum Gasteiger partial charge on any atom is -0.224 e. The normalized spacial score (nSPS) is 11.6. The van der Waals surface area contributed by atoms with Gasteiger partial charge in [0.2, 0.25) is 0 Å². The Morgan fingerprint density at radius 3 is 2.21 bits per heavy atom. The van der Waals surface area contributed by atoms with Crippen molar-refractivity contribution >= 4 is 21.4 Å². The van der Waals surface area contributed by atoms with Gasteiger partial charge in [-0.3, -0.25) is 0 Å². The van der Waals surface area contributed by atoms with Crippen LogP contribution in [0.1, 0.15) is 12.5 Å². The van der Waals surface area contributed by atoms with E-state index < -0.39 is 9.84 Å². The summed E-state index contributed by atoms with van der Waals surface area (Å²) >= 11 is 5.57. The predicted octanol–water partition coefficient (Wildman–Crippen LogP) is 2.26. The molecule has 14 heavy (non-hydrogen) atoms. The van der Waals surface area contributed by atoms with E-state index in [1.807, 2.05) is 12.1 Å². The first kappa shape index (κ1) is 11.5. The second kappa shape index (κ2) is 4.80. The lowest BCUT2D eigenvalue weighted by molar-refractivity contribution is 0.597. The third-order valence-electron chi connectivity index (χ3n) is 2.05. The van der Waals surface area contributed by atoms with Crippen molar-refractivity contribution in [1.29, 1.82) is 0 Å². The van der Waals surface area contributed by atoms with Gasteiger partial charge in [-0.25, -0.2) is 8.42 Å². The first-order chi connectivity index (χ1) is 6.60. The van der Waals surface area contributed by atoms with Crippen LogP contribution in [0.2, 0.25) is 0 Å². The molecule has 0 amide bonds. The Morgan fingerprint density at radius 1 is 1.21 bits per heavy atom. The van der Waals surface area contributed by atoms with E-state index >= 15 is 0 Å². The van der Waals surface area contributed by atoms with Crippen molar-refractivity contribution in [2.45, 2.75) is 18.2 Å². The standard InChI is InChI=1S/C10H13ClO2S/c1-2-14(12,13)10-5-3-9(4-6-10)7-8-11/h3-6H,2,7-8H2,1H3. The molecule has 0 aliphatic carbocycles. The van der Waals surface area contributed by atoms with E-state index in [1.54, 1.807) is 19.1 Å². The van der Waals surface area contributed by atoms with Crippen molar-refractivity contribution in [2.24, 2.45) is 0 Å². The average molecular weight is 233 g/mol. The molecule has 78 valence electrons. The summed E-state index contributed by atoms with van der Waals surface area (Å²) < 4.78 is 22.9. The fourth-order valence-corrected chi connectivity index (χ4v) is 2.24. The van der Waals surface area contributed by atoms with Gasteiger partial charge >= 0.3 is 0 Å². The lowest BCUT2D eigenvalue weighted by Gasteiger charge is -2.02. The van der Waals surface area contributed by atoms with Crippen LogP contribution in [0.5, 0.6) is 0 Å². The van der Waals surface area contributed by atoms with E-state index in [2.05, 4.69) is 0 Å². The molecule has 0 radical (unpaired) electrons. The number of rotatable bonds is 4. The summed E-state index contributed by atoms with van der Waals surface area (Å²) in [6.45, 7) is 1.64. The van der Waals surface area contributed by atoms with Gasteiger partial charge in [-0.05, 0) is 24.1 Å². The van der Waals surface area contributed by atoms with Crippen molar-refractivity contribution in [3.63, 3.8) is 0 Å². The zero-order valence-electron chi connectivity index (χ0n) is 8.03. The van der Waals surface area contributed by atoms with Gasteiger partial charge in [0, 0.05) is 5.88 Å². The highest BCUT2D eigenvalue weighted by atomic mass is 35.5. The van der Waals surface area contributed by atoms with E-state index in [1.165, 1.54) is 0 Å². The van der Waals surface area contributed by atoms with E-state index in [0.717, 1.165) is 12.0 Å². The van der Waals surface area contributed by atoms with Crippen LogP contribution in [0.25, 0.3) is 0 Å². The maximum Gasteiger partial charge on any atom is 0.178 e. The molecule has 0 unspecified atom stereocenters. The van der Waals surface area contributed by atoms with Crippen molar-refractivity contribution in [3.05, 3.63) is 29.8 Å². The molecular weight excluding hydrogens is 220 g/mol. The summed E-state index contributed by atoms with van der Waals surface area (Å²) in [4.78, 5) is 0.387. The number of hydrogen-bond acceptors (Lipinski definition) is 2. The summed E-state index contributed by atoms with van der Waals surface area (Å²) in [6.07, 6.45) is 0.772. The quantitative estimate of drug-likeness (QED) is 0.747. The topological polar surface area (TPSA) is 34.1 Å². The molecule has 0 atom stereocenters. The highest BCUT2D eigenvalue weighted by Crippen LogP contribution is 2.12. The van der Waals surface area contributed by atoms with Gasteiger partial charge in [-0.1, -0.05) is 19.1 Å². The number of hydrogen-bond donors (Lipinski definition) is 0. The van der Waals surface area contributed by atoms with E-state index in [9.17, 15) is 8.42 Å². The molecule has 4 heteroatoms. The van der Waals surface area contributed by atoms with Crippen LogP contribution in [0.4, 0.5) is 0 Å². The fourth-order valence-electron chi connectivity index (χ4n) is 1.14. The van der Waals surface area contributed by atoms with Gasteiger partial charge in [-0.15, -0.1) is 11.6 Å². The minimum absolute atomic E-state index is 0.141. The van der Waals surface area contributed by atoms with E-state index in [0.29, 0.717) is 10.8 Å². The average Bonchev–Trinajstić information content (AvgIpc) is 2.19. The number of benzene rings is 1. The second-order valence-electron chi connectivity index (χ2n) is 2.99. The van der Waals surface area contributed by atoms with E-state index in [4.69, 9.17) is 11.6 Å². The molecule has 0 fully saturated rings. The number of aryl methyl sites for hydroxylation is 1. The summed E-state index contributed by atoms with van der Waals surface area (Å²) in [5, 5.41) is 0. The molecule has 0 bridgehead atoms. The van der Waals surface area contributed by atoms with Crippen molar-refractivity contribution in [1.82, 2.24) is 0 Å². The van der Waals surface area contributed by atoms with Gasteiger partial charge in [-0.2, -0.15) is 0 Å². The van der Waals surface area contributed by atoms with Crippen LogP contribution in [-0.2, 0) is 16.3 Å². The van der Waals surface area contributed by atoms with Crippen LogP contribution < -0.4 is 0 Å². The lowest BCUT2D eigenvalue weighted by Crippen LogP contribution is -2.03. The van der Waals surface area contributed by atoms with Crippen LogP contribution in [0.15, 0.2) is 29.2 Å². The molecule has 0 aromatic heterocycles. The summed E-state index contributed by atoms with van der Waals surface area (Å²) in [6, 6.07) is 6.90. The SMILES string of the molecule is CCS(=O)(=O)c1ccc(CCCl)cc1. The molecule has 0 saturated carbocycles. The molecule has 0 N–H and O–H groups in total. The maximum atomic E-state index is 11.4. The third kappa shape index (κ3) is 2.72. The molecule has 0 saturated heterocycles.